The van der Waals surface area contributed by atoms with Crippen LogP contribution in [0.25, 0.3) is 0 Å². The molecule has 2 N–H and O–H groups in total. The third-order valence-electron chi connectivity index (χ3n) is 3.87. The lowest BCUT2D eigenvalue weighted by molar-refractivity contribution is -0.120. The molecule has 0 radical (unpaired) electrons. The average molecular weight is 372 g/mol. The Balaban J connectivity index is 1.83. The van der Waals surface area contributed by atoms with Crippen molar-refractivity contribution in [2.45, 2.75) is 50.2 Å². The molecule has 0 saturated heterocycles. The SMILES string of the molecule is CC[C@H](C)NC(=O)c1ccc(CNC(=O)[C@@H](C)Sc2ncccn2)cc1. The van der Waals surface area contributed by atoms with Crippen LogP contribution in [-0.2, 0) is 11.3 Å². The van der Waals surface area contributed by atoms with Gasteiger partial charge in [0.05, 0.1) is 5.25 Å². The third-order valence-corrected chi connectivity index (χ3v) is 4.86. The normalized spacial score (nSPS) is 12.9. The highest BCUT2D eigenvalue weighted by Crippen LogP contribution is 2.18. The van der Waals surface area contributed by atoms with Crippen LogP contribution in [0.15, 0.2) is 47.9 Å². The number of hydrogen-bond donors (Lipinski definition) is 2. The van der Waals surface area contributed by atoms with E-state index in [1.807, 2.05) is 32.9 Å². The van der Waals surface area contributed by atoms with E-state index in [0.717, 1.165) is 12.0 Å². The molecule has 0 fully saturated rings. The number of amides is 2. The van der Waals surface area contributed by atoms with Crippen LogP contribution >= 0.6 is 11.8 Å². The van der Waals surface area contributed by atoms with Crippen LogP contribution in [0.1, 0.15) is 43.1 Å². The van der Waals surface area contributed by atoms with E-state index in [-0.39, 0.29) is 23.1 Å². The summed E-state index contributed by atoms with van der Waals surface area (Å²) in [7, 11) is 0. The van der Waals surface area contributed by atoms with Crippen molar-refractivity contribution in [1.82, 2.24) is 20.6 Å². The van der Waals surface area contributed by atoms with E-state index < -0.39 is 0 Å². The molecule has 0 spiro atoms. The molecule has 26 heavy (non-hydrogen) atoms. The molecule has 0 aliphatic heterocycles. The van der Waals surface area contributed by atoms with Crippen molar-refractivity contribution >= 4 is 23.6 Å². The van der Waals surface area contributed by atoms with E-state index in [4.69, 9.17) is 0 Å². The lowest BCUT2D eigenvalue weighted by Gasteiger charge is -2.12. The molecule has 1 heterocycles. The van der Waals surface area contributed by atoms with Gasteiger partial charge < -0.3 is 10.6 Å². The molecule has 1 aromatic carbocycles. The smallest absolute Gasteiger partial charge is 0.251 e. The van der Waals surface area contributed by atoms with Gasteiger partial charge in [0.2, 0.25) is 5.91 Å². The highest BCUT2D eigenvalue weighted by Gasteiger charge is 2.15. The Labute approximate surface area is 158 Å². The number of carbonyl (C=O) groups is 2. The molecule has 6 nitrogen and oxygen atoms in total. The molecule has 0 aliphatic rings. The van der Waals surface area contributed by atoms with Crippen molar-refractivity contribution in [3.8, 4) is 0 Å². The van der Waals surface area contributed by atoms with Gasteiger partial charge in [-0.25, -0.2) is 9.97 Å². The van der Waals surface area contributed by atoms with E-state index >= 15 is 0 Å². The van der Waals surface area contributed by atoms with E-state index in [9.17, 15) is 9.59 Å². The summed E-state index contributed by atoms with van der Waals surface area (Å²) in [5.74, 6) is -0.163. The summed E-state index contributed by atoms with van der Waals surface area (Å²) in [6, 6.07) is 9.13. The number of benzene rings is 1. The van der Waals surface area contributed by atoms with Crippen LogP contribution in [0.5, 0.6) is 0 Å². The molecular weight excluding hydrogens is 348 g/mol. The Morgan fingerprint density at radius 1 is 1.12 bits per heavy atom. The number of carbonyl (C=O) groups excluding carboxylic acids is 2. The fraction of sp³-hybridized carbons (Fsp3) is 0.368. The molecule has 0 saturated carbocycles. The topological polar surface area (TPSA) is 84.0 Å². The molecule has 7 heteroatoms. The van der Waals surface area contributed by atoms with Crippen LogP contribution in [-0.4, -0.2) is 33.1 Å². The van der Waals surface area contributed by atoms with Gasteiger partial charge in [-0.2, -0.15) is 0 Å². The molecule has 0 aliphatic carbocycles. The number of rotatable bonds is 8. The van der Waals surface area contributed by atoms with Crippen molar-refractivity contribution < 1.29 is 9.59 Å². The van der Waals surface area contributed by atoms with Crippen LogP contribution < -0.4 is 10.6 Å². The number of hydrogen-bond acceptors (Lipinski definition) is 5. The van der Waals surface area contributed by atoms with E-state index in [1.54, 1.807) is 30.6 Å². The highest BCUT2D eigenvalue weighted by molar-refractivity contribution is 8.00. The van der Waals surface area contributed by atoms with Gasteiger partial charge in [-0.1, -0.05) is 30.8 Å². The molecule has 138 valence electrons. The zero-order chi connectivity index (χ0) is 18.9. The maximum Gasteiger partial charge on any atom is 0.251 e. The third kappa shape index (κ3) is 6.15. The predicted molar refractivity (Wildman–Crippen MR) is 103 cm³/mol. The Bertz CT molecular complexity index is 722. The van der Waals surface area contributed by atoms with E-state index in [0.29, 0.717) is 17.3 Å². The van der Waals surface area contributed by atoms with Gasteiger partial charge >= 0.3 is 0 Å². The van der Waals surface area contributed by atoms with Crippen molar-refractivity contribution in [3.05, 3.63) is 53.9 Å². The maximum atomic E-state index is 12.2. The van der Waals surface area contributed by atoms with Gasteiger partial charge in [0.15, 0.2) is 5.16 Å². The second-order valence-corrected chi connectivity index (χ2v) is 7.30. The fourth-order valence-corrected chi connectivity index (χ4v) is 2.82. The number of nitrogens with zero attached hydrogens (tertiary/aromatic N) is 2. The van der Waals surface area contributed by atoms with Crippen LogP contribution in [0.2, 0.25) is 0 Å². The van der Waals surface area contributed by atoms with Crippen molar-refractivity contribution in [3.63, 3.8) is 0 Å². The molecule has 2 rings (SSSR count). The fourth-order valence-electron chi connectivity index (χ4n) is 2.07. The van der Waals surface area contributed by atoms with Crippen LogP contribution in [0, 0.1) is 0 Å². The Morgan fingerprint density at radius 3 is 2.38 bits per heavy atom. The zero-order valence-corrected chi connectivity index (χ0v) is 16.0. The van der Waals surface area contributed by atoms with Gasteiger partial charge in [0.25, 0.3) is 5.91 Å². The van der Waals surface area contributed by atoms with Gasteiger partial charge in [-0.15, -0.1) is 0 Å². The van der Waals surface area contributed by atoms with Gasteiger partial charge in [0, 0.05) is 30.5 Å². The minimum atomic E-state index is -0.294. The first-order chi connectivity index (χ1) is 12.5. The summed E-state index contributed by atoms with van der Waals surface area (Å²) in [6.45, 7) is 6.23. The quantitative estimate of drug-likeness (QED) is 0.550. The monoisotopic (exact) mass is 372 g/mol. The summed E-state index contributed by atoms with van der Waals surface area (Å²) in [5, 5.41) is 6.11. The van der Waals surface area contributed by atoms with Gasteiger partial charge in [-0.3, -0.25) is 9.59 Å². The summed E-state index contributed by atoms with van der Waals surface area (Å²) >= 11 is 1.31. The number of aromatic nitrogens is 2. The van der Waals surface area contributed by atoms with E-state index in [2.05, 4.69) is 20.6 Å². The largest absolute Gasteiger partial charge is 0.351 e. The van der Waals surface area contributed by atoms with Crippen molar-refractivity contribution in [2.24, 2.45) is 0 Å². The first kappa shape index (κ1) is 19.9. The molecule has 1 aromatic heterocycles. The second kappa shape index (κ2) is 9.91. The first-order valence-corrected chi connectivity index (χ1v) is 9.48. The first-order valence-electron chi connectivity index (χ1n) is 8.60. The highest BCUT2D eigenvalue weighted by atomic mass is 32.2. The molecule has 2 atom stereocenters. The standard InChI is InChI=1S/C19H24N4O2S/c1-4-13(2)23-18(25)16-8-6-15(7-9-16)12-22-17(24)14(3)26-19-20-10-5-11-21-19/h5-11,13-14H,4,12H2,1-3H3,(H,22,24)(H,23,25)/t13-,14+/m0/s1. The van der Waals surface area contributed by atoms with Crippen molar-refractivity contribution in [2.75, 3.05) is 0 Å². The minimum Gasteiger partial charge on any atom is -0.351 e. The minimum absolute atomic E-state index is 0.0807. The lowest BCUT2D eigenvalue weighted by Crippen LogP contribution is -2.32. The molecule has 0 bridgehead atoms. The molecule has 2 aromatic rings. The van der Waals surface area contributed by atoms with Crippen molar-refractivity contribution in [1.29, 1.82) is 0 Å². The molecular formula is C19H24N4O2S. The van der Waals surface area contributed by atoms with Gasteiger partial charge in [0.1, 0.15) is 0 Å². The second-order valence-electron chi connectivity index (χ2n) is 5.99. The zero-order valence-electron chi connectivity index (χ0n) is 15.2. The number of nitrogens with one attached hydrogen (secondary N) is 2. The predicted octanol–water partition coefficient (Wildman–Crippen LogP) is 2.80. The molecule has 2 amide bonds. The Kier molecular flexibility index (Phi) is 7.59. The maximum absolute atomic E-state index is 12.2. The summed E-state index contributed by atoms with van der Waals surface area (Å²) in [6.07, 6.45) is 4.19. The summed E-state index contributed by atoms with van der Waals surface area (Å²) in [5.41, 5.74) is 1.55. The van der Waals surface area contributed by atoms with Gasteiger partial charge in [-0.05, 0) is 44.0 Å². The lowest BCUT2D eigenvalue weighted by atomic mass is 10.1. The molecule has 0 unspecified atom stereocenters. The Hall–Kier alpha value is -2.41. The summed E-state index contributed by atoms with van der Waals surface area (Å²) < 4.78 is 0. The van der Waals surface area contributed by atoms with E-state index in [1.165, 1.54) is 11.8 Å². The van der Waals surface area contributed by atoms with Crippen LogP contribution in [0.4, 0.5) is 0 Å². The average Bonchev–Trinajstić information content (AvgIpc) is 2.67. The number of thioether (sulfide) groups is 1. The summed E-state index contributed by atoms with van der Waals surface area (Å²) in [4.78, 5) is 32.5. The van der Waals surface area contributed by atoms with Crippen LogP contribution in [0.3, 0.4) is 0 Å². The Morgan fingerprint density at radius 2 is 1.77 bits per heavy atom.